The second-order valence-corrected chi connectivity index (χ2v) is 6.31. The van der Waals surface area contributed by atoms with Crippen molar-refractivity contribution in [2.24, 2.45) is 0 Å². The average molecular weight is 343 g/mol. The van der Waals surface area contributed by atoms with Crippen LogP contribution in [0.2, 0.25) is 0 Å². The van der Waals surface area contributed by atoms with Crippen LogP contribution in [0.5, 0.6) is 0 Å². The van der Waals surface area contributed by atoms with Crippen molar-refractivity contribution < 1.29 is 9.21 Å². The molecule has 0 aliphatic heterocycles. The van der Waals surface area contributed by atoms with Gasteiger partial charge in [-0.15, -0.1) is 0 Å². The molecule has 106 valence electrons. The van der Waals surface area contributed by atoms with Crippen molar-refractivity contribution in [3.63, 3.8) is 0 Å². The maximum atomic E-state index is 12.5. The number of hydrogen-bond donors (Lipinski definition) is 0. The molecule has 3 aromatic rings. The van der Waals surface area contributed by atoms with Gasteiger partial charge in [-0.05, 0) is 35.7 Å². The third kappa shape index (κ3) is 2.79. The van der Waals surface area contributed by atoms with Gasteiger partial charge in [0.15, 0.2) is 5.76 Å². The molecule has 0 saturated heterocycles. The minimum atomic E-state index is -0.0855. The number of benzene rings is 2. The molecular weight excluding hydrogens is 328 g/mol. The smallest absolute Gasteiger partial charge is 0.228 e. The first kappa shape index (κ1) is 14.1. The summed E-state index contributed by atoms with van der Waals surface area (Å²) in [6.07, 6.45) is 0. The lowest BCUT2D eigenvalue weighted by Gasteiger charge is -2.05. The number of fused-ring (bicyclic) bond motifs is 1. The van der Waals surface area contributed by atoms with E-state index in [-0.39, 0.29) is 5.78 Å². The summed E-state index contributed by atoms with van der Waals surface area (Å²) in [6, 6.07) is 15.2. The maximum Gasteiger partial charge on any atom is 0.228 e. The molecule has 0 bridgehead atoms. The minimum Gasteiger partial charge on any atom is -0.453 e. The highest BCUT2D eigenvalue weighted by atomic mass is 79.9. The number of carbonyl (C=O) groups is 1. The molecule has 2 aromatic carbocycles. The quantitative estimate of drug-likeness (QED) is 0.584. The van der Waals surface area contributed by atoms with Crippen LogP contribution in [0.3, 0.4) is 0 Å². The van der Waals surface area contributed by atoms with Crippen LogP contribution in [0, 0.1) is 0 Å². The van der Waals surface area contributed by atoms with Gasteiger partial charge >= 0.3 is 0 Å². The molecule has 0 aliphatic rings. The summed E-state index contributed by atoms with van der Waals surface area (Å²) in [5, 5.41) is 0.923. The third-order valence-corrected chi connectivity index (χ3v) is 4.03. The minimum absolute atomic E-state index is 0.0855. The summed E-state index contributed by atoms with van der Waals surface area (Å²) >= 11 is 3.42. The van der Waals surface area contributed by atoms with Crippen molar-refractivity contribution >= 4 is 32.7 Å². The number of carbonyl (C=O) groups excluding carboxylic acids is 1. The fraction of sp³-hybridized carbons (Fsp3) is 0.167. The molecule has 21 heavy (non-hydrogen) atoms. The van der Waals surface area contributed by atoms with Gasteiger partial charge in [0.1, 0.15) is 5.58 Å². The fourth-order valence-corrected chi connectivity index (χ4v) is 2.67. The number of halogens is 1. The van der Waals surface area contributed by atoms with E-state index in [9.17, 15) is 4.79 Å². The van der Waals surface area contributed by atoms with Gasteiger partial charge in [-0.1, -0.05) is 54.0 Å². The van der Waals surface area contributed by atoms with Crippen LogP contribution in [-0.2, 0) is 0 Å². The van der Waals surface area contributed by atoms with Gasteiger partial charge in [0.2, 0.25) is 5.78 Å². The number of furan rings is 1. The van der Waals surface area contributed by atoms with Crippen molar-refractivity contribution in [3.05, 3.63) is 69.9 Å². The Bertz CT molecular complexity index is 798. The van der Waals surface area contributed by atoms with Gasteiger partial charge in [0, 0.05) is 15.4 Å². The Hall–Kier alpha value is -1.87. The van der Waals surface area contributed by atoms with E-state index in [1.165, 1.54) is 5.56 Å². The van der Waals surface area contributed by atoms with E-state index in [0.717, 1.165) is 15.4 Å². The van der Waals surface area contributed by atoms with Gasteiger partial charge in [-0.3, -0.25) is 4.79 Å². The lowest BCUT2D eigenvalue weighted by Crippen LogP contribution is -1.99. The van der Waals surface area contributed by atoms with Crippen LogP contribution in [0.15, 0.2) is 57.4 Å². The van der Waals surface area contributed by atoms with Gasteiger partial charge in [-0.25, -0.2) is 0 Å². The van der Waals surface area contributed by atoms with Crippen LogP contribution >= 0.6 is 15.9 Å². The molecule has 0 N–H and O–H groups in total. The Morgan fingerprint density at radius 2 is 1.76 bits per heavy atom. The zero-order chi connectivity index (χ0) is 15.0. The van der Waals surface area contributed by atoms with E-state index in [4.69, 9.17) is 4.42 Å². The number of hydrogen-bond acceptors (Lipinski definition) is 2. The fourth-order valence-electron chi connectivity index (χ4n) is 2.29. The van der Waals surface area contributed by atoms with E-state index in [2.05, 4.69) is 29.8 Å². The summed E-state index contributed by atoms with van der Waals surface area (Å²) in [7, 11) is 0. The van der Waals surface area contributed by atoms with Gasteiger partial charge in [0.05, 0.1) is 0 Å². The first-order chi connectivity index (χ1) is 10.0. The Kier molecular flexibility index (Phi) is 3.68. The lowest BCUT2D eigenvalue weighted by molar-refractivity contribution is 0.101. The second kappa shape index (κ2) is 5.49. The normalized spacial score (nSPS) is 11.2. The molecular formula is C18H15BrO2. The molecule has 0 fully saturated rings. The molecule has 1 heterocycles. The summed E-state index contributed by atoms with van der Waals surface area (Å²) < 4.78 is 6.62. The molecule has 0 saturated carbocycles. The monoisotopic (exact) mass is 342 g/mol. The lowest BCUT2D eigenvalue weighted by atomic mass is 10.00. The summed E-state index contributed by atoms with van der Waals surface area (Å²) in [6.45, 7) is 4.27. The highest BCUT2D eigenvalue weighted by molar-refractivity contribution is 9.10. The zero-order valence-electron chi connectivity index (χ0n) is 11.9. The van der Waals surface area contributed by atoms with Crippen molar-refractivity contribution in [2.75, 3.05) is 0 Å². The number of ketones is 1. The molecule has 0 radical (unpaired) electrons. The molecule has 0 atom stereocenters. The Morgan fingerprint density at radius 3 is 2.43 bits per heavy atom. The summed E-state index contributed by atoms with van der Waals surface area (Å²) in [4.78, 5) is 12.5. The largest absolute Gasteiger partial charge is 0.453 e. The predicted octanol–water partition coefficient (Wildman–Crippen LogP) is 5.55. The van der Waals surface area contributed by atoms with Gasteiger partial charge in [-0.2, -0.15) is 0 Å². The second-order valence-electron chi connectivity index (χ2n) is 5.40. The first-order valence-corrected chi connectivity index (χ1v) is 7.67. The van der Waals surface area contributed by atoms with E-state index in [0.29, 0.717) is 17.2 Å². The Labute approximate surface area is 131 Å². The molecule has 2 nitrogen and oxygen atoms in total. The molecule has 3 heteroatoms. The molecule has 0 unspecified atom stereocenters. The number of rotatable bonds is 3. The highest BCUT2D eigenvalue weighted by Crippen LogP contribution is 2.25. The van der Waals surface area contributed by atoms with Crippen LogP contribution in [0.25, 0.3) is 11.0 Å². The third-order valence-electron chi connectivity index (χ3n) is 3.54. The van der Waals surface area contributed by atoms with Crippen LogP contribution < -0.4 is 0 Å². The van der Waals surface area contributed by atoms with Gasteiger partial charge in [0.25, 0.3) is 0 Å². The Morgan fingerprint density at radius 1 is 1.05 bits per heavy atom. The molecule has 0 amide bonds. The molecule has 3 rings (SSSR count). The van der Waals surface area contributed by atoms with Crippen LogP contribution in [0.4, 0.5) is 0 Å². The van der Waals surface area contributed by atoms with Crippen LogP contribution in [-0.4, -0.2) is 5.78 Å². The van der Waals surface area contributed by atoms with Crippen molar-refractivity contribution in [1.29, 1.82) is 0 Å². The van der Waals surface area contributed by atoms with Crippen LogP contribution in [0.1, 0.15) is 41.4 Å². The first-order valence-electron chi connectivity index (χ1n) is 6.88. The predicted molar refractivity (Wildman–Crippen MR) is 87.9 cm³/mol. The topological polar surface area (TPSA) is 30.2 Å². The van der Waals surface area contributed by atoms with E-state index >= 15 is 0 Å². The molecule has 0 aliphatic carbocycles. The molecule has 1 aromatic heterocycles. The molecule has 0 spiro atoms. The average Bonchev–Trinajstić information content (AvgIpc) is 2.89. The highest BCUT2D eigenvalue weighted by Gasteiger charge is 2.15. The SMILES string of the molecule is CC(C)c1ccc(C(=O)c2cc3cc(Br)ccc3o2)cc1. The van der Waals surface area contributed by atoms with E-state index in [1.807, 2.05) is 42.5 Å². The summed E-state index contributed by atoms with van der Waals surface area (Å²) in [5.41, 5.74) is 2.60. The zero-order valence-corrected chi connectivity index (χ0v) is 13.5. The van der Waals surface area contributed by atoms with E-state index < -0.39 is 0 Å². The van der Waals surface area contributed by atoms with Crippen molar-refractivity contribution in [2.45, 2.75) is 19.8 Å². The van der Waals surface area contributed by atoms with E-state index in [1.54, 1.807) is 6.07 Å². The summed E-state index contributed by atoms with van der Waals surface area (Å²) in [5.74, 6) is 0.746. The van der Waals surface area contributed by atoms with Gasteiger partial charge < -0.3 is 4.42 Å². The Balaban J connectivity index is 1.95. The van der Waals surface area contributed by atoms with Crippen molar-refractivity contribution in [1.82, 2.24) is 0 Å². The van der Waals surface area contributed by atoms with Crippen molar-refractivity contribution in [3.8, 4) is 0 Å². The maximum absolute atomic E-state index is 12.5. The standard InChI is InChI=1S/C18H15BrO2/c1-11(2)12-3-5-13(6-4-12)18(20)17-10-14-9-15(19)7-8-16(14)21-17/h3-11H,1-2H3.